The number of anilines is 1. The molecule has 0 saturated carbocycles. The second-order valence-electron chi connectivity index (χ2n) is 3.80. The molecule has 0 spiro atoms. The minimum atomic E-state index is -0.526. The highest BCUT2D eigenvalue weighted by atomic mass is 16.6. The van der Waals surface area contributed by atoms with Gasteiger partial charge in [-0.25, -0.2) is 0 Å². The highest BCUT2D eigenvalue weighted by molar-refractivity contribution is 6.04. The van der Waals surface area contributed by atoms with Crippen LogP contribution in [-0.2, 0) is 0 Å². The Morgan fingerprint density at radius 3 is 2.16 bits per heavy atom. The van der Waals surface area contributed by atoms with Crippen molar-refractivity contribution in [3.05, 3.63) is 64.2 Å². The van der Waals surface area contributed by atoms with Gasteiger partial charge in [0.15, 0.2) is 0 Å². The number of nitrogens with zero attached hydrogens (tertiary/aromatic N) is 1. The van der Waals surface area contributed by atoms with E-state index >= 15 is 0 Å². The number of nitro benzene ring substituents is 1. The van der Waals surface area contributed by atoms with E-state index in [1.807, 2.05) is 0 Å². The lowest BCUT2D eigenvalue weighted by Gasteiger charge is -2.05. The molecule has 0 heterocycles. The number of benzene rings is 2. The van der Waals surface area contributed by atoms with Gasteiger partial charge in [-0.05, 0) is 36.4 Å². The van der Waals surface area contributed by atoms with Gasteiger partial charge in [0.05, 0.1) is 4.92 Å². The molecule has 0 aliphatic carbocycles. The average molecular weight is 258 g/mol. The van der Waals surface area contributed by atoms with Crippen molar-refractivity contribution in [3.8, 4) is 5.75 Å². The van der Waals surface area contributed by atoms with Crippen molar-refractivity contribution < 1.29 is 14.8 Å². The van der Waals surface area contributed by atoms with Gasteiger partial charge >= 0.3 is 0 Å². The minimum Gasteiger partial charge on any atom is -0.508 e. The smallest absolute Gasteiger partial charge is 0.269 e. The first-order valence-corrected chi connectivity index (χ1v) is 5.41. The highest BCUT2D eigenvalue weighted by Crippen LogP contribution is 2.16. The van der Waals surface area contributed by atoms with Crippen molar-refractivity contribution in [2.75, 3.05) is 5.32 Å². The quantitative estimate of drug-likeness (QED) is 0.502. The summed E-state index contributed by atoms with van der Waals surface area (Å²) in [5.41, 5.74) is 0.779. The topological polar surface area (TPSA) is 92.5 Å². The van der Waals surface area contributed by atoms with Crippen LogP contribution in [0.5, 0.6) is 5.75 Å². The molecular formula is C13H10N2O4. The Morgan fingerprint density at radius 2 is 1.63 bits per heavy atom. The molecule has 0 unspecified atom stereocenters. The molecule has 0 aromatic heterocycles. The number of rotatable bonds is 3. The van der Waals surface area contributed by atoms with E-state index in [4.69, 9.17) is 5.11 Å². The van der Waals surface area contributed by atoms with Crippen molar-refractivity contribution in [3.63, 3.8) is 0 Å². The number of carbonyl (C=O) groups is 1. The zero-order chi connectivity index (χ0) is 13.8. The lowest BCUT2D eigenvalue weighted by atomic mass is 10.2. The molecule has 2 N–H and O–H groups in total. The number of aromatic hydroxyl groups is 1. The fourth-order valence-electron chi connectivity index (χ4n) is 1.48. The van der Waals surface area contributed by atoms with Gasteiger partial charge in [0.25, 0.3) is 11.6 Å². The molecule has 2 rings (SSSR count). The van der Waals surface area contributed by atoms with Crippen LogP contribution in [0.1, 0.15) is 10.4 Å². The van der Waals surface area contributed by atoms with Crippen molar-refractivity contribution in [1.29, 1.82) is 0 Å². The van der Waals surface area contributed by atoms with Crippen LogP contribution in [0.15, 0.2) is 48.5 Å². The van der Waals surface area contributed by atoms with E-state index < -0.39 is 4.92 Å². The van der Waals surface area contributed by atoms with Gasteiger partial charge in [-0.1, -0.05) is 0 Å². The van der Waals surface area contributed by atoms with Crippen LogP contribution in [0.4, 0.5) is 11.4 Å². The Kier molecular flexibility index (Phi) is 3.42. The van der Waals surface area contributed by atoms with E-state index in [2.05, 4.69) is 5.32 Å². The number of nitro groups is 1. The molecule has 96 valence electrons. The standard InChI is InChI=1S/C13H10N2O4/c16-12-7-3-10(4-8-12)14-13(17)9-1-5-11(6-2-9)15(18)19/h1-8,16H,(H,14,17). The summed E-state index contributed by atoms with van der Waals surface area (Å²) >= 11 is 0. The van der Waals surface area contributed by atoms with Crippen LogP contribution in [0.2, 0.25) is 0 Å². The van der Waals surface area contributed by atoms with Gasteiger partial charge in [0.2, 0.25) is 0 Å². The summed E-state index contributed by atoms with van der Waals surface area (Å²) in [6.45, 7) is 0. The SMILES string of the molecule is O=C(Nc1ccc(O)cc1)c1ccc([N+](=O)[O-])cc1. The fourth-order valence-corrected chi connectivity index (χ4v) is 1.48. The highest BCUT2D eigenvalue weighted by Gasteiger charge is 2.09. The number of phenolic OH excluding ortho intramolecular Hbond substituents is 1. The molecule has 0 bridgehead atoms. The summed E-state index contributed by atoms with van der Waals surface area (Å²) in [5.74, 6) is -0.270. The van der Waals surface area contributed by atoms with E-state index in [-0.39, 0.29) is 17.3 Å². The Morgan fingerprint density at radius 1 is 1.05 bits per heavy atom. The molecule has 0 atom stereocenters. The van der Waals surface area contributed by atoms with Gasteiger partial charge in [0, 0.05) is 23.4 Å². The molecule has 0 fully saturated rings. The maximum Gasteiger partial charge on any atom is 0.269 e. The first-order chi connectivity index (χ1) is 9.06. The minimum absolute atomic E-state index is 0.0683. The molecule has 0 saturated heterocycles. The number of nitrogens with one attached hydrogen (secondary N) is 1. The van der Waals surface area contributed by atoms with Gasteiger partial charge in [-0.2, -0.15) is 0 Å². The van der Waals surface area contributed by atoms with E-state index in [9.17, 15) is 14.9 Å². The summed E-state index contributed by atoms with van der Waals surface area (Å²) in [4.78, 5) is 21.8. The molecule has 2 aromatic rings. The number of hydrogen-bond donors (Lipinski definition) is 2. The predicted molar refractivity (Wildman–Crippen MR) is 69.2 cm³/mol. The van der Waals surface area contributed by atoms with Crippen LogP contribution in [-0.4, -0.2) is 15.9 Å². The lowest BCUT2D eigenvalue weighted by molar-refractivity contribution is -0.384. The summed E-state index contributed by atoms with van der Waals surface area (Å²) in [6, 6.07) is 11.3. The first-order valence-electron chi connectivity index (χ1n) is 5.41. The van der Waals surface area contributed by atoms with Gasteiger partial charge in [-0.3, -0.25) is 14.9 Å². The van der Waals surface area contributed by atoms with Gasteiger partial charge < -0.3 is 10.4 Å². The summed E-state index contributed by atoms with van der Waals surface area (Å²) in [6.07, 6.45) is 0. The largest absolute Gasteiger partial charge is 0.508 e. The van der Waals surface area contributed by atoms with Crippen LogP contribution in [0.3, 0.4) is 0 Å². The molecule has 0 aliphatic rings. The molecule has 6 heteroatoms. The molecule has 2 aromatic carbocycles. The van der Waals surface area contributed by atoms with Crippen LogP contribution in [0, 0.1) is 10.1 Å². The van der Waals surface area contributed by atoms with E-state index in [0.29, 0.717) is 11.3 Å². The molecule has 0 aliphatic heterocycles. The van der Waals surface area contributed by atoms with Crippen molar-refractivity contribution in [1.82, 2.24) is 0 Å². The number of carbonyl (C=O) groups excluding carboxylic acids is 1. The summed E-state index contributed by atoms with van der Waals surface area (Å²) in [5, 5.41) is 22.2. The van der Waals surface area contributed by atoms with Crippen molar-refractivity contribution in [2.24, 2.45) is 0 Å². The fraction of sp³-hybridized carbons (Fsp3) is 0. The third-order valence-corrected chi connectivity index (χ3v) is 2.47. The lowest BCUT2D eigenvalue weighted by Crippen LogP contribution is -2.11. The molecule has 1 amide bonds. The Bertz CT molecular complexity index is 606. The Hall–Kier alpha value is -2.89. The van der Waals surface area contributed by atoms with Crippen LogP contribution < -0.4 is 5.32 Å². The normalized spacial score (nSPS) is 9.89. The van der Waals surface area contributed by atoms with Gasteiger partial charge in [-0.15, -0.1) is 0 Å². The second kappa shape index (κ2) is 5.18. The van der Waals surface area contributed by atoms with E-state index in [1.54, 1.807) is 12.1 Å². The van der Waals surface area contributed by atoms with Crippen LogP contribution in [0.25, 0.3) is 0 Å². The van der Waals surface area contributed by atoms with Crippen LogP contribution >= 0.6 is 0 Å². The predicted octanol–water partition coefficient (Wildman–Crippen LogP) is 2.55. The number of hydrogen-bond acceptors (Lipinski definition) is 4. The number of phenols is 1. The monoisotopic (exact) mass is 258 g/mol. The summed E-state index contributed by atoms with van der Waals surface area (Å²) in [7, 11) is 0. The summed E-state index contributed by atoms with van der Waals surface area (Å²) < 4.78 is 0. The Labute approximate surface area is 108 Å². The number of amides is 1. The molecule has 6 nitrogen and oxygen atoms in total. The molecule has 0 radical (unpaired) electrons. The zero-order valence-electron chi connectivity index (χ0n) is 9.74. The van der Waals surface area contributed by atoms with E-state index in [1.165, 1.54) is 36.4 Å². The van der Waals surface area contributed by atoms with Gasteiger partial charge in [0.1, 0.15) is 5.75 Å². The van der Waals surface area contributed by atoms with Crippen molar-refractivity contribution >= 4 is 17.3 Å². The average Bonchev–Trinajstić information content (AvgIpc) is 2.41. The molecular weight excluding hydrogens is 248 g/mol. The molecule has 19 heavy (non-hydrogen) atoms. The zero-order valence-corrected chi connectivity index (χ0v) is 9.74. The third-order valence-electron chi connectivity index (χ3n) is 2.47. The number of non-ortho nitro benzene ring substituents is 1. The first kappa shape index (κ1) is 12.6. The second-order valence-corrected chi connectivity index (χ2v) is 3.80. The maximum absolute atomic E-state index is 11.8. The van der Waals surface area contributed by atoms with Crippen molar-refractivity contribution in [2.45, 2.75) is 0 Å². The third kappa shape index (κ3) is 3.06. The Balaban J connectivity index is 2.11. The van der Waals surface area contributed by atoms with E-state index in [0.717, 1.165) is 0 Å². The maximum atomic E-state index is 11.8.